The van der Waals surface area contributed by atoms with Gasteiger partial charge in [0.15, 0.2) is 11.4 Å². The van der Waals surface area contributed by atoms with E-state index in [2.05, 4.69) is 10.3 Å². The molecule has 0 aliphatic rings. The lowest BCUT2D eigenvalue weighted by molar-refractivity contribution is -0.151. The largest absolute Gasteiger partial charge is 0.493 e. The molecule has 202 valence electrons. The standard InChI is InChI=1S/C25H28F4N2O6/c1-12(2)23(33)37-21-19(35-6)9-10-30-20(21)22(32)31-14(4)24(34)36-15(5)13(3)17-8-7-16(26)11-18(17)25(27,28)29/h7-15H,1-6H3,(H,31,32)/t13-,14+,15+/m1/s1. The van der Waals surface area contributed by atoms with Crippen LogP contribution in [-0.2, 0) is 20.5 Å². The normalized spacial score (nSPS) is 13.9. The van der Waals surface area contributed by atoms with Crippen LogP contribution in [0.1, 0.15) is 62.2 Å². The Bertz CT molecular complexity index is 1150. The Morgan fingerprint density at radius 3 is 2.22 bits per heavy atom. The van der Waals surface area contributed by atoms with Crippen molar-refractivity contribution in [2.45, 2.75) is 58.9 Å². The van der Waals surface area contributed by atoms with Crippen molar-refractivity contribution >= 4 is 17.8 Å². The van der Waals surface area contributed by atoms with Gasteiger partial charge in [-0.15, -0.1) is 0 Å². The molecule has 0 bridgehead atoms. The molecule has 0 fully saturated rings. The Labute approximate surface area is 211 Å². The second kappa shape index (κ2) is 12.0. The molecule has 0 spiro atoms. The minimum atomic E-state index is -4.81. The fourth-order valence-corrected chi connectivity index (χ4v) is 3.21. The third-order valence-electron chi connectivity index (χ3n) is 5.50. The number of nitrogens with one attached hydrogen (secondary N) is 1. The maximum atomic E-state index is 13.4. The number of methoxy groups -OCH3 is 1. The topological polar surface area (TPSA) is 104 Å². The number of amides is 1. The molecule has 0 saturated carbocycles. The third kappa shape index (κ3) is 7.40. The number of halogens is 4. The molecule has 1 amide bonds. The molecule has 37 heavy (non-hydrogen) atoms. The van der Waals surface area contributed by atoms with E-state index in [1.165, 1.54) is 40.1 Å². The zero-order valence-electron chi connectivity index (χ0n) is 21.1. The number of ether oxygens (including phenoxy) is 3. The fourth-order valence-electron chi connectivity index (χ4n) is 3.21. The molecular weight excluding hydrogens is 500 g/mol. The van der Waals surface area contributed by atoms with Gasteiger partial charge in [0.25, 0.3) is 5.91 Å². The smallest absolute Gasteiger partial charge is 0.416 e. The summed E-state index contributed by atoms with van der Waals surface area (Å²) in [7, 11) is 1.30. The van der Waals surface area contributed by atoms with Crippen LogP contribution < -0.4 is 14.8 Å². The van der Waals surface area contributed by atoms with Crippen molar-refractivity contribution in [3.8, 4) is 11.5 Å². The van der Waals surface area contributed by atoms with Crippen LogP contribution in [-0.4, -0.2) is 42.1 Å². The maximum Gasteiger partial charge on any atom is 0.416 e. The molecule has 1 heterocycles. The van der Waals surface area contributed by atoms with E-state index in [0.717, 1.165) is 12.1 Å². The third-order valence-corrected chi connectivity index (χ3v) is 5.50. The van der Waals surface area contributed by atoms with Crippen molar-refractivity contribution in [2.75, 3.05) is 7.11 Å². The molecule has 1 N–H and O–H groups in total. The lowest BCUT2D eigenvalue weighted by atomic mass is 9.91. The second-order valence-electron chi connectivity index (χ2n) is 8.62. The van der Waals surface area contributed by atoms with E-state index in [4.69, 9.17) is 14.2 Å². The van der Waals surface area contributed by atoms with Gasteiger partial charge in [-0.25, -0.2) is 14.2 Å². The van der Waals surface area contributed by atoms with Gasteiger partial charge >= 0.3 is 18.1 Å². The fraction of sp³-hybridized carbons (Fsp3) is 0.440. The van der Waals surface area contributed by atoms with E-state index in [0.29, 0.717) is 6.07 Å². The van der Waals surface area contributed by atoms with E-state index >= 15 is 0 Å². The number of hydrogen-bond acceptors (Lipinski definition) is 7. The van der Waals surface area contributed by atoms with Crippen LogP contribution in [0.3, 0.4) is 0 Å². The molecule has 1 aromatic carbocycles. The number of carbonyl (C=O) groups excluding carboxylic acids is 3. The van der Waals surface area contributed by atoms with Crippen molar-refractivity contribution in [3.63, 3.8) is 0 Å². The highest BCUT2D eigenvalue weighted by Crippen LogP contribution is 2.37. The van der Waals surface area contributed by atoms with Crippen LogP contribution in [0.5, 0.6) is 11.5 Å². The van der Waals surface area contributed by atoms with Crippen molar-refractivity contribution in [2.24, 2.45) is 5.92 Å². The lowest BCUT2D eigenvalue weighted by Gasteiger charge is -2.25. The van der Waals surface area contributed by atoms with Gasteiger partial charge in [-0.2, -0.15) is 13.2 Å². The Kier molecular flexibility index (Phi) is 9.60. The van der Waals surface area contributed by atoms with Crippen molar-refractivity contribution < 1.29 is 46.2 Å². The first-order chi connectivity index (χ1) is 17.2. The molecule has 1 aromatic heterocycles. The van der Waals surface area contributed by atoms with E-state index < -0.39 is 59.4 Å². The first kappa shape index (κ1) is 29.5. The summed E-state index contributed by atoms with van der Waals surface area (Å²) in [6, 6.07) is 2.40. The SMILES string of the molecule is COc1ccnc(C(=O)N[C@@H](C)C(=O)O[C@@H](C)[C@@H](C)c2ccc(F)cc2C(F)(F)F)c1OC(=O)C(C)C. The van der Waals surface area contributed by atoms with Gasteiger partial charge in [0, 0.05) is 18.2 Å². The number of nitrogens with zero attached hydrogens (tertiary/aromatic N) is 1. The molecule has 12 heteroatoms. The highest BCUT2D eigenvalue weighted by atomic mass is 19.4. The summed E-state index contributed by atoms with van der Waals surface area (Å²) in [4.78, 5) is 41.5. The molecule has 0 saturated heterocycles. The molecule has 3 atom stereocenters. The van der Waals surface area contributed by atoms with Gasteiger partial charge in [0.1, 0.15) is 18.0 Å². The number of carbonyl (C=O) groups is 3. The van der Waals surface area contributed by atoms with E-state index in [-0.39, 0.29) is 22.8 Å². The predicted octanol–water partition coefficient (Wildman–Crippen LogP) is 4.66. The summed E-state index contributed by atoms with van der Waals surface area (Å²) in [6.45, 7) is 7.27. The molecule has 2 aromatic rings. The van der Waals surface area contributed by atoms with Crippen LogP contribution >= 0.6 is 0 Å². The van der Waals surface area contributed by atoms with Crippen molar-refractivity contribution in [1.29, 1.82) is 0 Å². The zero-order chi connectivity index (χ0) is 28.1. The molecule has 0 radical (unpaired) electrons. The van der Waals surface area contributed by atoms with Gasteiger partial charge in [0.05, 0.1) is 18.6 Å². The quantitative estimate of drug-likeness (QED) is 0.373. The number of esters is 2. The molecule has 0 aliphatic heterocycles. The number of benzene rings is 1. The average molecular weight is 528 g/mol. The molecule has 0 aliphatic carbocycles. The second-order valence-corrected chi connectivity index (χ2v) is 8.62. The lowest BCUT2D eigenvalue weighted by Crippen LogP contribution is -2.41. The summed E-state index contributed by atoms with van der Waals surface area (Å²) in [5, 5.41) is 2.36. The first-order valence-electron chi connectivity index (χ1n) is 11.3. The van der Waals surface area contributed by atoms with E-state index in [9.17, 15) is 31.9 Å². The van der Waals surface area contributed by atoms with Gasteiger partial charge < -0.3 is 19.5 Å². The highest BCUT2D eigenvalue weighted by molar-refractivity contribution is 5.98. The molecule has 8 nitrogen and oxygen atoms in total. The number of aromatic nitrogens is 1. The Morgan fingerprint density at radius 2 is 1.65 bits per heavy atom. The Hall–Kier alpha value is -3.70. The van der Waals surface area contributed by atoms with Crippen molar-refractivity contribution in [3.05, 3.63) is 53.1 Å². The predicted molar refractivity (Wildman–Crippen MR) is 124 cm³/mol. The van der Waals surface area contributed by atoms with Crippen LogP contribution in [0, 0.1) is 11.7 Å². The summed E-state index contributed by atoms with van der Waals surface area (Å²) >= 11 is 0. The van der Waals surface area contributed by atoms with E-state index in [1.807, 2.05) is 0 Å². The number of rotatable bonds is 9. The highest BCUT2D eigenvalue weighted by Gasteiger charge is 2.37. The summed E-state index contributed by atoms with van der Waals surface area (Å²) in [5.74, 6) is -5.15. The maximum absolute atomic E-state index is 13.4. The Morgan fingerprint density at radius 1 is 1.00 bits per heavy atom. The van der Waals surface area contributed by atoms with Crippen LogP contribution in [0.4, 0.5) is 17.6 Å². The van der Waals surface area contributed by atoms with Crippen LogP contribution in [0.15, 0.2) is 30.5 Å². The number of pyridine rings is 1. The van der Waals surface area contributed by atoms with Gasteiger partial charge in [-0.05, 0) is 31.5 Å². The van der Waals surface area contributed by atoms with Gasteiger partial charge in [0.2, 0.25) is 5.75 Å². The average Bonchev–Trinajstić information content (AvgIpc) is 2.82. The number of hydrogen-bond donors (Lipinski definition) is 1. The summed E-state index contributed by atoms with van der Waals surface area (Å²) in [6.07, 6.45) is -4.62. The minimum Gasteiger partial charge on any atom is -0.493 e. The minimum absolute atomic E-state index is 0.0617. The summed E-state index contributed by atoms with van der Waals surface area (Å²) < 4.78 is 69.3. The monoisotopic (exact) mass is 528 g/mol. The van der Waals surface area contributed by atoms with Crippen molar-refractivity contribution in [1.82, 2.24) is 10.3 Å². The Balaban J connectivity index is 2.17. The first-order valence-corrected chi connectivity index (χ1v) is 11.3. The molecule has 2 rings (SSSR count). The van der Waals surface area contributed by atoms with E-state index in [1.54, 1.807) is 13.8 Å². The molecule has 0 unspecified atom stereocenters. The van der Waals surface area contributed by atoms with Crippen LogP contribution in [0.25, 0.3) is 0 Å². The summed E-state index contributed by atoms with van der Waals surface area (Å²) in [5.41, 5.74) is -1.74. The van der Waals surface area contributed by atoms with Crippen LogP contribution in [0.2, 0.25) is 0 Å². The van der Waals surface area contributed by atoms with Gasteiger partial charge in [-0.1, -0.05) is 26.8 Å². The zero-order valence-corrected chi connectivity index (χ0v) is 21.1. The number of alkyl halides is 3. The van der Waals surface area contributed by atoms with Gasteiger partial charge in [-0.3, -0.25) is 9.59 Å². The molecular formula is C25H28F4N2O6.